The molecule has 0 amide bonds. The summed E-state index contributed by atoms with van der Waals surface area (Å²) in [7, 11) is 6.25. The van der Waals surface area contributed by atoms with E-state index in [0.29, 0.717) is 71.6 Å². The fourth-order valence-electron chi connectivity index (χ4n) is 12.1. The van der Waals surface area contributed by atoms with Crippen molar-refractivity contribution in [2.45, 2.75) is 83.2 Å². The highest BCUT2D eigenvalue weighted by Crippen LogP contribution is 2.48. The second-order valence-corrected chi connectivity index (χ2v) is 22.0. The van der Waals surface area contributed by atoms with Crippen molar-refractivity contribution in [3.05, 3.63) is 200 Å². The van der Waals surface area contributed by atoms with Crippen LogP contribution in [0, 0.1) is 18.6 Å². The van der Waals surface area contributed by atoms with Crippen molar-refractivity contribution in [1.29, 1.82) is 0 Å². The van der Waals surface area contributed by atoms with E-state index in [4.69, 9.17) is 50.0 Å². The first-order valence-electron chi connectivity index (χ1n) is 27.9. The maximum atomic E-state index is 18.7. The first-order chi connectivity index (χ1) is 41.0. The van der Waals surface area contributed by atoms with Crippen LogP contribution in [0.1, 0.15) is 71.2 Å². The topological polar surface area (TPSA) is 106 Å². The van der Waals surface area contributed by atoms with Crippen molar-refractivity contribution in [3.63, 3.8) is 0 Å². The van der Waals surface area contributed by atoms with Crippen molar-refractivity contribution in [1.82, 2.24) is 20.1 Å². The molecule has 20 heteroatoms. The summed E-state index contributed by atoms with van der Waals surface area (Å²) >= 11 is 7.39. The summed E-state index contributed by atoms with van der Waals surface area (Å²) in [5, 5.41) is 2.77. The minimum absolute atomic E-state index is 0.00318. The van der Waals surface area contributed by atoms with Gasteiger partial charge in [0, 0.05) is 62.0 Å². The Kier molecular flexibility index (Phi) is 16.8. The van der Waals surface area contributed by atoms with Crippen molar-refractivity contribution in [2.75, 3.05) is 64.6 Å². The third-order valence-corrected chi connectivity index (χ3v) is 16.8. The summed E-state index contributed by atoms with van der Waals surface area (Å²) in [6.45, 7) is 4.45. The van der Waals surface area contributed by atoms with Crippen LogP contribution >= 0.6 is 11.6 Å². The molecule has 11 rings (SSSR count). The normalized spacial score (nSPS) is 17.6. The van der Waals surface area contributed by atoms with Crippen LogP contribution in [0.3, 0.4) is 0 Å². The van der Waals surface area contributed by atoms with Crippen LogP contribution in [0.2, 0.25) is 5.02 Å². The number of anilines is 2. The third kappa shape index (κ3) is 11.8. The largest absolute Gasteiger partial charge is 0.497 e. The second-order valence-electron chi connectivity index (χ2n) is 21.7. The predicted molar refractivity (Wildman–Crippen MR) is 313 cm³/mol. The van der Waals surface area contributed by atoms with Gasteiger partial charge in [-0.15, -0.1) is 0 Å². The third-order valence-electron chi connectivity index (χ3n) is 16.5. The quantitative estimate of drug-likeness (QED) is 0.0735. The molecule has 0 bridgehead atoms. The lowest BCUT2D eigenvalue weighted by atomic mass is 9.92. The van der Waals surface area contributed by atoms with Crippen LogP contribution in [0.5, 0.6) is 28.7 Å². The zero-order valence-corrected chi connectivity index (χ0v) is 48.6. The summed E-state index contributed by atoms with van der Waals surface area (Å²) in [6, 6.07) is 33.5. The van der Waals surface area contributed by atoms with Gasteiger partial charge in [0.1, 0.15) is 59.9 Å². The number of rotatable bonds is 20. The van der Waals surface area contributed by atoms with Gasteiger partial charge in [-0.3, -0.25) is 9.89 Å². The summed E-state index contributed by atoms with van der Waals surface area (Å²) in [6.07, 6.45) is -1.43. The molecule has 0 aliphatic carbocycles. The van der Waals surface area contributed by atoms with E-state index in [0.717, 1.165) is 30.5 Å². The van der Waals surface area contributed by atoms with E-state index >= 15 is 26.3 Å². The number of aromatic nitrogens is 1. The molecule has 1 unspecified atom stereocenters. The van der Waals surface area contributed by atoms with Gasteiger partial charge in [0.25, 0.3) is 0 Å². The molecule has 4 aliphatic heterocycles. The molecule has 13 nitrogen and oxygen atoms in total. The number of alkyl halides is 4. The van der Waals surface area contributed by atoms with Crippen molar-refractivity contribution >= 4 is 28.9 Å². The zero-order chi connectivity index (χ0) is 59.7. The summed E-state index contributed by atoms with van der Waals surface area (Å²) in [4.78, 5) is 17.3. The maximum Gasteiger partial charge on any atom is 0.417 e. The second kappa shape index (κ2) is 24.4. The van der Waals surface area contributed by atoms with Gasteiger partial charge in [0.2, 0.25) is 0 Å². The average molecular weight is 1190 g/mol. The van der Waals surface area contributed by atoms with Crippen molar-refractivity contribution in [2.24, 2.45) is 4.99 Å². The highest BCUT2D eigenvalue weighted by Gasteiger charge is 2.50. The number of fused-ring (bicyclic) bond motifs is 1. The molecule has 4 aliphatic rings. The highest BCUT2D eigenvalue weighted by atomic mass is 35.5. The molecular weight excluding hydrogens is 1120 g/mol. The smallest absolute Gasteiger partial charge is 0.417 e. The van der Waals surface area contributed by atoms with Crippen LogP contribution < -0.4 is 49.4 Å². The van der Waals surface area contributed by atoms with Crippen molar-refractivity contribution in [3.8, 4) is 39.9 Å². The molecule has 2 saturated heterocycles. The summed E-state index contributed by atoms with van der Waals surface area (Å²) < 4.78 is 134. The number of nitrogens with zero attached hydrogens (tertiary/aromatic N) is 6. The number of methoxy groups -OCH3 is 4. The zero-order valence-electron chi connectivity index (χ0n) is 47.8. The van der Waals surface area contributed by atoms with E-state index in [2.05, 4.69) is 15.1 Å². The molecule has 6 aromatic carbocycles. The van der Waals surface area contributed by atoms with Gasteiger partial charge in [0.05, 0.1) is 73.1 Å². The molecule has 0 radical (unpaired) electrons. The lowest BCUT2D eigenvalue weighted by Gasteiger charge is -2.34. The minimum atomic E-state index is -5.23. The van der Waals surface area contributed by atoms with E-state index in [1.54, 1.807) is 84.9 Å². The average Bonchev–Trinajstić information content (AvgIpc) is 1.79. The number of hydrogen-bond acceptors (Lipinski definition) is 13. The van der Waals surface area contributed by atoms with Gasteiger partial charge in [0.15, 0.2) is 11.6 Å². The van der Waals surface area contributed by atoms with E-state index in [9.17, 15) is 0 Å². The fraction of sp³-hybridized carbons (Fsp3) is 0.323. The van der Waals surface area contributed by atoms with Crippen molar-refractivity contribution < 1.29 is 54.8 Å². The summed E-state index contributed by atoms with van der Waals surface area (Å²) in [5.41, 5.74) is -0.668. The van der Waals surface area contributed by atoms with Crippen LogP contribution in [0.25, 0.3) is 16.9 Å². The van der Waals surface area contributed by atoms with Crippen LogP contribution in [0.15, 0.2) is 139 Å². The lowest BCUT2D eigenvalue weighted by Crippen LogP contribution is -2.45. The van der Waals surface area contributed by atoms with E-state index in [1.165, 1.54) is 14.2 Å². The van der Waals surface area contributed by atoms with E-state index in [-0.39, 0.29) is 67.4 Å². The fourth-order valence-corrected chi connectivity index (χ4v) is 12.5. The lowest BCUT2D eigenvalue weighted by molar-refractivity contribution is -0.137. The molecule has 5 heterocycles. The molecule has 1 aromatic heterocycles. The van der Waals surface area contributed by atoms with Crippen LogP contribution in [-0.2, 0) is 37.1 Å². The van der Waals surface area contributed by atoms with Crippen LogP contribution in [-0.4, -0.2) is 81.3 Å². The van der Waals surface area contributed by atoms with Gasteiger partial charge in [-0.1, -0.05) is 66.2 Å². The van der Waals surface area contributed by atoms with Gasteiger partial charge in [-0.05, 0) is 122 Å². The van der Waals surface area contributed by atoms with Gasteiger partial charge in [-0.2, -0.15) is 13.2 Å². The molecule has 3 atom stereocenters. The molecule has 444 valence electrons. The predicted octanol–water partition coefficient (Wildman–Crippen LogP) is 12.5. The van der Waals surface area contributed by atoms with Gasteiger partial charge >= 0.3 is 12.1 Å². The number of nitrogens with one attached hydrogen (secondary N) is 1. The Hall–Kier alpha value is -8.29. The first kappa shape index (κ1) is 58.5. The Balaban J connectivity index is 1.08. The molecule has 7 aromatic rings. The Labute approximate surface area is 494 Å². The first-order valence-corrected chi connectivity index (χ1v) is 28.3. The highest BCUT2D eigenvalue weighted by molar-refractivity contribution is 6.33. The minimum Gasteiger partial charge on any atom is -0.497 e. The summed E-state index contributed by atoms with van der Waals surface area (Å²) in [5.74, 6) is 0.120. The molecular formula is C65H64ClF6N7O6. The van der Waals surface area contributed by atoms with Gasteiger partial charge < -0.3 is 48.4 Å². The number of benzene rings is 6. The van der Waals surface area contributed by atoms with E-state index < -0.39 is 68.6 Å². The van der Waals surface area contributed by atoms with Gasteiger partial charge in [-0.25, -0.2) is 18.2 Å². The molecule has 0 saturated carbocycles. The Morgan fingerprint density at radius 1 is 0.776 bits per heavy atom. The molecule has 1 N–H and O–H groups in total. The molecule has 0 spiro atoms. The number of ether oxygens (including phenoxy) is 6. The molecule has 2 fully saturated rings. The number of pyridine rings is 1. The van der Waals surface area contributed by atoms with Crippen LogP contribution in [0.4, 0.5) is 37.8 Å². The standard InChI is InChI=1S/C65H64ClF6N7O6/c1-39-56(65(70,71)72)51(29-52(58(39)68)76(31-41-10-18-46(80-3)19-11-41)32-42-12-20-47(81-4)21-13-42)54-57(66)60-55-61(59(54)69)85-53(84-37-64-26-8-28-78(64)35-45(67)30-64)36-79(63(55)75-38-74-60)40(2)50-9-7-27-73-62(50)77(33-43-14-22-48(82-5)23-15-43)34-44-16-24-49(83-6)25-17-44/h7,9-25,27,29,36,40,45,75H,8,26,28,30-35,37-38H2,1-6H3/t40?,45-,64+/m1/s1. The maximum absolute atomic E-state index is 18.7. The molecule has 85 heavy (non-hydrogen) atoms. The Morgan fingerprint density at radius 3 is 1.85 bits per heavy atom. The Bertz CT molecular complexity index is 3650. The number of halogens is 7. The monoisotopic (exact) mass is 1190 g/mol. The Morgan fingerprint density at radius 2 is 1.32 bits per heavy atom. The number of hydrogen-bond donors (Lipinski definition) is 1. The SMILES string of the molecule is COc1ccc(CN(Cc2ccc(OC)cc2)c2cc(-c3c(F)c4c5c(c3Cl)=NCNC=5N(C(C)c3cccnc3N(Cc3ccc(OC)cc3)Cc3ccc(OC)cc3)C=C(OC[C@@]35CCCN3C[C@H](F)C5)O4)c(C(F)(F)F)c(C)c2F)cc1. The van der Waals surface area contributed by atoms with E-state index in [1.807, 2.05) is 67.6 Å².